The fourth-order valence-corrected chi connectivity index (χ4v) is 1.65. The number of aliphatic carboxylic acids is 1. The second-order valence-electron chi connectivity index (χ2n) is 4.32. The Balaban J connectivity index is 2.47. The highest BCUT2D eigenvalue weighted by atomic mass is 16.4. The van der Waals surface area contributed by atoms with Crippen molar-refractivity contribution in [2.75, 3.05) is 6.54 Å². The largest absolute Gasteiger partial charge is 0.481 e. The minimum atomic E-state index is -0.907. The van der Waals surface area contributed by atoms with E-state index >= 15 is 0 Å². The van der Waals surface area contributed by atoms with Crippen LogP contribution in [0, 0.1) is 0 Å². The number of nitrogens with zero attached hydrogens (tertiary/aromatic N) is 1. The van der Waals surface area contributed by atoms with Crippen LogP contribution in [-0.2, 0) is 20.8 Å². The van der Waals surface area contributed by atoms with Gasteiger partial charge in [0, 0.05) is 38.2 Å². The van der Waals surface area contributed by atoms with Crippen LogP contribution < -0.4 is 10.6 Å². The van der Waals surface area contributed by atoms with Crippen LogP contribution in [0.3, 0.4) is 0 Å². The van der Waals surface area contributed by atoms with Gasteiger partial charge in [0.2, 0.25) is 11.8 Å². The number of H-pyrrole nitrogens is 1. The molecule has 0 fully saturated rings. The zero-order chi connectivity index (χ0) is 15.0. The number of rotatable bonds is 8. The Hall–Kier alpha value is -2.38. The first-order valence-electron chi connectivity index (χ1n) is 6.23. The molecular weight excluding hydrogens is 264 g/mol. The maximum atomic E-state index is 11.9. The summed E-state index contributed by atoms with van der Waals surface area (Å²) in [6, 6.07) is -0.710. The molecule has 8 nitrogen and oxygen atoms in total. The molecule has 0 radical (unpaired) electrons. The van der Waals surface area contributed by atoms with Crippen LogP contribution in [0.15, 0.2) is 12.5 Å². The maximum absolute atomic E-state index is 11.9. The molecule has 110 valence electrons. The molecule has 0 aromatic carbocycles. The first kappa shape index (κ1) is 15.7. The summed E-state index contributed by atoms with van der Waals surface area (Å²) in [5.74, 6) is -1.56. The SMILES string of the molecule is CC(=O)NC(Cc1cnc[nH]1)C(=O)NCCCC(=O)O. The standard InChI is InChI=1S/C12H18N4O4/c1-8(17)16-10(5-9-6-13-7-15-9)12(20)14-4-2-3-11(18)19/h6-7,10H,2-5H2,1H3,(H,13,15)(H,14,20)(H,16,17)(H,18,19). The number of carbonyl (C=O) groups is 3. The predicted octanol–water partition coefficient (Wildman–Crippen LogP) is -0.562. The minimum absolute atomic E-state index is 0.00830. The van der Waals surface area contributed by atoms with Gasteiger partial charge in [-0.15, -0.1) is 0 Å². The van der Waals surface area contributed by atoms with Crippen LogP contribution in [-0.4, -0.2) is 45.4 Å². The molecule has 1 atom stereocenters. The second-order valence-corrected chi connectivity index (χ2v) is 4.32. The molecule has 0 aliphatic heterocycles. The molecule has 1 aromatic rings. The molecule has 0 aliphatic rings. The van der Waals surface area contributed by atoms with Gasteiger partial charge >= 0.3 is 5.97 Å². The van der Waals surface area contributed by atoms with Crippen molar-refractivity contribution in [3.63, 3.8) is 0 Å². The summed E-state index contributed by atoms with van der Waals surface area (Å²) >= 11 is 0. The lowest BCUT2D eigenvalue weighted by Gasteiger charge is -2.16. The third-order valence-electron chi connectivity index (χ3n) is 2.54. The summed E-state index contributed by atoms with van der Waals surface area (Å²) in [6.45, 7) is 1.59. The van der Waals surface area contributed by atoms with E-state index in [4.69, 9.17) is 5.11 Å². The fraction of sp³-hybridized carbons (Fsp3) is 0.500. The van der Waals surface area contributed by atoms with Gasteiger partial charge < -0.3 is 20.7 Å². The van der Waals surface area contributed by atoms with E-state index in [1.807, 2.05) is 0 Å². The lowest BCUT2D eigenvalue weighted by Crippen LogP contribution is -2.47. The lowest BCUT2D eigenvalue weighted by atomic mass is 10.1. The first-order chi connectivity index (χ1) is 9.49. The maximum Gasteiger partial charge on any atom is 0.303 e. The van der Waals surface area contributed by atoms with Gasteiger partial charge in [-0.1, -0.05) is 0 Å². The highest BCUT2D eigenvalue weighted by Gasteiger charge is 2.20. The van der Waals surface area contributed by atoms with Gasteiger partial charge in [-0.05, 0) is 6.42 Å². The van der Waals surface area contributed by atoms with E-state index in [0.29, 0.717) is 12.8 Å². The van der Waals surface area contributed by atoms with Crippen LogP contribution in [0.5, 0.6) is 0 Å². The van der Waals surface area contributed by atoms with Crippen molar-refractivity contribution in [3.05, 3.63) is 18.2 Å². The smallest absolute Gasteiger partial charge is 0.303 e. The van der Waals surface area contributed by atoms with Crippen molar-refractivity contribution in [2.24, 2.45) is 0 Å². The number of imidazole rings is 1. The zero-order valence-electron chi connectivity index (χ0n) is 11.2. The minimum Gasteiger partial charge on any atom is -0.481 e. The van der Waals surface area contributed by atoms with Crippen LogP contribution in [0.1, 0.15) is 25.5 Å². The summed E-state index contributed by atoms with van der Waals surface area (Å²) < 4.78 is 0. The number of carboxylic acids is 1. The molecule has 0 saturated heterocycles. The quantitative estimate of drug-likeness (QED) is 0.476. The molecule has 0 bridgehead atoms. The molecule has 1 rings (SSSR count). The number of hydrogen-bond donors (Lipinski definition) is 4. The molecule has 8 heteroatoms. The number of hydrogen-bond acceptors (Lipinski definition) is 4. The average molecular weight is 282 g/mol. The number of amides is 2. The number of aromatic nitrogens is 2. The van der Waals surface area contributed by atoms with Crippen LogP contribution in [0.4, 0.5) is 0 Å². The van der Waals surface area contributed by atoms with Crippen LogP contribution in [0.2, 0.25) is 0 Å². The van der Waals surface area contributed by atoms with Gasteiger partial charge in [-0.2, -0.15) is 0 Å². The van der Waals surface area contributed by atoms with Crippen LogP contribution >= 0.6 is 0 Å². The van der Waals surface area contributed by atoms with E-state index in [2.05, 4.69) is 20.6 Å². The molecule has 0 saturated carbocycles. The van der Waals surface area contributed by atoms with E-state index in [-0.39, 0.29) is 24.8 Å². The Labute approximate surface area is 116 Å². The molecule has 4 N–H and O–H groups in total. The molecule has 2 amide bonds. The van der Waals surface area contributed by atoms with Crippen molar-refractivity contribution in [3.8, 4) is 0 Å². The Morgan fingerprint density at radius 2 is 2.20 bits per heavy atom. The van der Waals surface area contributed by atoms with Crippen molar-refractivity contribution >= 4 is 17.8 Å². The van der Waals surface area contributed by atoms with E-state index in [0.717, 1.165) is 5.69 Å². The molecule has 1 aromatic heterocycles. The summed E-state index contributed by atoms with van der Waals surface area (Å²) in [5, 5.41) is 13.7. The Morgan fingerprint density at radius 1 is 1.45 bits per heavy atom. The van der Waals surface area contributed by atoms with Crippen molar-refractivity contribution in [1.82, 2.24) is 20.6 Å². The number of aromatic amines is 1. The van der Waals surface area contributed by atoms with Crippen molar-refractivity contribution in [2.45, 2.75) is 32.2 Å². The summed E-state index contributed by atoms with van der Waals surface area (Å²) in [6.07, 6.45) is 3.70. The van der Waals surface area contributed by atoms with E-state index in [1.54, 1.807) is 6.20 Å². The third-order valence-corrected chi connectivity index (χ3v) is 2.54. The van der Waals surface area contributed by atoms with E-state index in [9.17, 15) is 14.4 Å². The van der Waals surface area contributed by atoms with E-state index < -0.39 is 12.0 Å². The second kappa shape index (κ2) is 7.93. The predicted molar refractivity (Wildman–Crippen MR) is 69.8 cm³/mol. The molecule has 1 unspecified atom stereocenters. The fourth-order valence-electron chi connectivity index (χ4n) is 1.65. The van der Waals surface area contributed by atoms with Gasteiger partial charge in [0.1, 0.15) is 6.04 Å². The topological polar surface area (TPSA) is 124 Å². The van der Waals surface area contributed by atoms with Gasteiger partial charge in [0.25, 0.3) is 0 Å². The molecule has 0 spiro atoms. The molecule has 20 heavy (non-hydrogen) atoms. The van der Waals surface area contributed by atoms with Gasteiger partial charge in [-0.25, -0.2) is 4.98 Å². The average Bonchev–Trinajstić information content (AvgIpc) is 2.85. The van der Waals surface area contributed by atoms with Gasteiger partial charge in [-0.3, -0.25) is 14.4 Å². The van der Waals surface area contributed by atoms with Crippen LogP contribution in [0.25, 0.3) is 0 Å². The number of carboxylic acid groups (broad SMARTS) is 1. The van der Waals surface area contributed by atoms with Gasteiger partial charge in [0.05, 0.1) is 6.33 Å². The monoisotopic (exact) mass is 282 g/mol. The van der Waals surface area contributed by atoms with Crippen molar-refractivity contribution < 1.29 is 19.5 Å². The highest BCUT2D eigenvalue weighted by Crippen LogP contribution is 1.99. The van der Waals surface area contributed by atoms with Crippen molar-refractivity contribution in [1.29, 1.82) is 0 Å². The zero-order valence-corrected chi connectivity index (χ0v) is 11.2. The molecule has 0 aliphatic carbocycles. The third kappa shape index (κ3) is 5.98. The molecular formula is C12H18N4O4. The number of carbonyl (C=O) groups excluding carboxylic acids is 2. The first-order valence-corrected chi connectivity index (χ1v) is 6.23. The Bertz CT molecular complexity index is 458. The highest BCUT2D eigenvalue weighted by molar-refractivity contribution is 5.87. The normalized spacial score (nSPS) is 11.7. The summed E-state index contributed by atoms with van der Waals surface area (Å²) in [5.41, 5.74) is 0.726. The van der Waals surface area contributed by atoms with E-state index in [1.165, 1.54) is 13.3 Å². The summed E-state index contributed by atoms with van der Waals surface area (Å²) in [7, 11) is 0. The van der Waals surface area contributed by atoms with Gasteiger partial charge in [0.15, 0.2) is 0 Å². The Morgan fingerprint density at radius 3 is 2.75 bits per heavy atom. The number of nitrogens with one attached hydrogen (secondary N) is 3. The Kier molecular flexibility index (Phi) is 6.21. The molecule has 1 heterocycles. The summed E-state index contributed by atoms with van der Waals surface area (Å²) in [4.78, 5) is 40.1. The lowest BCUT2D eigenvalue weighted by molar-refractivity contribution is -0.137.